The predicted octanol–water partition coefficient (Wildman–Crippen LogP) is 2.34. The molecule has 0 aromatic heterocycles. The molecule has 2 fully saturated rings. The SMILES string of the molecule is CN(C)S(=O)(=O)c1c(Cl)ccc(NC2C(=O)C(=O)C2N[C@@H](c2ccccc2)C2CC2)c1O. The second-order valence-electron chi connectivity index (χ2n) is 8.28. The van der Waals surface area contributed by atoms with Gasteiger partial charge in [0, 0.05) is 20.1 Å². The molecule has 0 heterocycles. The van der Waals surface area contributed by atoms with Crippen molar-refractivity contribution in [2.45, 2.75) is 35.9 Å². The van der Waals surface area contributed by atoms with Crippen LogP contribution in [0.25, 0.3) is 0 Å². The highest BCUT2D eigenvalue weighted by Crippen LogP contribution is 2.43. The third-order valence-corrected chi connectivity index (χ3v) is 8.20. The topological polar surface area (TPSA) is 116 Å². The van der Waals surface area contributed by atoms with Gasteiger partial charge in [-0.25, -0.2) is 12.7 Å². The van der Waals surface area contributed by atoms with Gasteiger partial charge in [0.15, 0.2) is 5.75 Å². The number of nitrogens with one attached hydrogen (secondary N) is 2. The molecule has 10 heteroatoms. The van der Waals surface area contributed by atoms with Crippen molar-refractivity contribution in [2.24, 2.45) is 5.92 Å². The van der Waals surface area contributed by atoms with Crippen molar-refractivity contribution in [1.29, 1.82) is 0 Å². The van der Waals surface area contributed by atoms with Gasteiger partial charge in [0.1, 0.15) is 17.0 Å². The number of aromatic hydroxyl groups is 1. The average molecular weight is 478 g/mol. The Labute approximate surface area is 191 Å². The van der Waals surface area contributed by atoms with E-state index < -0.39 is 44.3 Å². The van der Waals surface area contributed by atoms with E-state index in [9.17, 15) is 23.1 Å². The van der Waals surface area contributed by atoms with Gasteiger partial charge in [0.05, 0.1) is 10.7 Å². The lowest BCUT2D eigenvalue weighted by Crippen LogP contribution is -2.67. The zero-order chi connectivity index (χ0) is 23.2. The van der Waals surface area contributed by atoms with Crippen LogP contribution in [0.15, 0.2) is 47.4 Å². The first kappa shape index (κ1) is 22.7. The fraction of sp³-hybridized carbons (Fsp3) is 0.364. The zero-order valence-corrected chi connectivity index (χ0v) is 19.2. The number of phenolic OH excluding ortho intramolecular Hbond substituents is 1. The molecule has 3 N–H and O–H groups in total. The fourth-order valence-electron chi connectivity index (χ4n) is 3.88. The molecule has 2 aliphatic rings. The number of anilines is 1. The number of sulfonamides is 1. The van der Waals surface area contributed by atoms with Crippen molar-refractivity contribution in [3.63, 3.8) is 0 Å². The quantitative estimate of drug-likeness (QED) is 0.394. The zero-order valence-electron chi connectivity index (χ0n) is 17.6. The van der Waals surface area contributed by atoms with E-state index in [-0.39, 0.29) is 16.8 Å². The summed E-state index contributed by atoms with van der Waals surface area (Å²) >= 11 is 6.05. The summed E-state index contributed by atoms with van der Waals surface area (Å²) < 4.78 is 26.1. The van der Waals surface area contributed by atoms with Crippen molar-refractivity contribution in [3.8, 4) is 5.75 Å². The van der Waals surface area contributed by atoms with Crippen LogP contribution in [-0.4, -0.2) is 55.6 Å². The molecule has 2 unspecified atom stereocenters. The summed E-state index contributed by atoms with van der Waals surface area (Å²) in [5.74, 6) is -1.39. The number of Topliss-reactive ketones (excluding diaryl/α,β-unsaturated/α-hetero) is 2. The smallest absolute Gasteiger partial charge is 0.247 e. The van der Waals surface area contributed by atoms with Crippen molar-refractivity contribution in [3.05, 3.63) is 53.1 Å². The Hall–Kier alpha value is -2.46. The predicted molar refractivity (Wildman–Crippen MR) is 120 cm³/mol. The number of halogens is 1. The fourth-order valence-corrected chi connectivity index (χ4v) is 5.36. The number of benzene rings is 2. The van der Waals surface area contributed by atoms with Crippen molar-refractivity contribution >= 4 is 38.9 Å². The summed E-state index contributed by atoms with van der Waals surface area (Å²) in [5.41, 5.74) is 1.05. The van der Waals surface area contributed by atoms with Gasteiger partial charge in [-0.1, -0.05) is 41.9 Å². The standard InChI is InChI=1S/C22H24ClN3O5S/c1-26(2)32(30,31)22-14(23)10-11-15(19(22)27)24-17-18(21(29)20(17)28)25-16(13-8-9-13)12-6-4-3-5-7-12/h3-7,10-11,13,16-18,24-25,27H,8-9H2,1-2H3/t16-,17?,18?/m0/s1. The Kier molecular flexibility index (Phi) is 6.02. The van der Waals surface area contributed by atoms with Gasteiger partial charge in [-0.2, -0.15) is 0 Å². The van der Waals surface area contributed by atoms with Crippen LogP contribution in [0.3, 0.4) is 0 Å². The van der Waals surface area contributed by atoms with E-state index >= 15 is 0 Å². The van der Waals surface area contributed by atoms with Gasteiger partial charge in [0.25, 0.3) is 0 Å². The number of hydrogen-bond acceptors (Lipinski definition) is 7. The minimum atomic E-state index is -4.04. The first-order valence-electron chi connectivity index (χ1n) is 10.2. The molecule has 32 heavy (non-hydrogen) atoms. The second kappa shape index (κ2) is 8.47. The summed E-state index contributed by atoms with van der Waals surface area (Å²) in [5, 5.41) is 16.7. The Balaban J connectivity index is 1.60. The number of carbonyl (C=O) groups is 2. The highest BCUT2D eigenvalue weighted by atomic mass is 35.5. The van der Waals surface area contributed by atoms with Crippen LogP contribution in [0.4, 0.5) is 5.69 Å². The number of ketones is 2. The molecule has 2 saturated carbocycles. The minimum Gasteiger partial charge on any atom is -0.504 e. The summed E-state index contributed by atoms with van der Waals surface area (Å²) in [6.45, 7) is 0. The molecule has 4 rings (SSSR count). The Morgan fingerprint density at radius 3 is 2.25 bits per heavy atom. The minimum absolute atomic E-state index is 0.00941. The van der Waals surface area contributed by atoms with Gasteiger partial charge < -0.3 is 10.4 Å². The first-order chi connectivity index (χ1) is 15.1. The van der Waals surface area contributed by atoms with E-state index in [0.717, 1.165) is 22.7 Å². The van der Waals surface area contributed by atoms with Crippen molar-refractivity contribution in [2.75, 3.05) is 19.4 Å². The molecule has 0 bridgehead atoms. The molecular formula is C22H24ClN3O5S. The summed E-state index contributed by atoms with van der Waals surface area (Å²) in [6.07, 6.45) is 2.06. The summed E-state index contributed by atoms with van der Waals surface area (Å²) in [4.78, 5) is 24.3. The number of nitrogens with zero attached hydrogens (tertiary/aromatic N) is 1. The maximum Gasteiger partial charge on any atom is 0.247 e. The Bertz CT molecular complexity index is 1170. The Morgan fingerprint density at radius 1 is 1.03 bits per heavy atom. The van der Waals surface area contributed by atoms with Gasteiger partial charge in [-0.05, 0) is 36.5 Å². The molecule has 0 spiro atoms. The molecule has 0 aliphatic heterocycles. The van der Waals surface area contributed by atoms with Crippen LogP contribution >= 0.6 is 11.6 Å². The van der Waals surface area contributed by atoms with Crippen LogP contribution in [0.1, 0.15) is 24.4 Å². The average Bonchev–Trinajstić information content (AvgIpc) is 3.60. The molecule has 2 aromatic carbocycles. The molecule has 2 aliphatic carbocycles. The molecule has 170 valence electrons. The first-order valence-corrected chi connectivity index (χ1v) is 12.0. The lowest BCUT2D eigenvalue weighted by molar-refractivity contribution is -0.145. The van der Waals surface area contributed by atoms with Crippen LogP contribution in [0.2, 0.25) is 5.02 Å². The van der Waals surface area contributed by atoms with E-state index in [0.29, 0.717) is 5.92 Å². The molecule has 3 atom stereocenters. The van der Waals surface area contributed by atoms with E-state index in [4.69, 9.17) is 11.6 Å². The van der Waals surface area contributed by atoms with Crippen LogP contribution in [0.5, 0.6) is 5.75 Å². The van der Waals surface area contributed by atoms with Crippen molar-refractivity contribution < 1.29 is 23.1 Å². The number of hydrogen-bond donors (Lipinski definition) is 3. The maximum absolute atomic E-state index is 12.6. The molecule has 2 aromatic rings. The van der Waals surface area contributed by atoms with Crippen LogP contribution < -0.4 is 10.6 Å². The second-order valence-corrected chi connectivity index (χ2v) is 10.8. The normalized spacial score (nSPS) is 22.0. The van der Waals surface area contributed by atoms with E-state index in [2.05, 4.69) is 10.6 Å². The number of phenols is 1. The Morgan fingerprint density at radius 2 is 1.66 bits per heavy atom. The van der Waals surface area contributed by atoms with E-state index in [1.54, 1.807) is 0 Å². The number of carbonyl (C=O) groups excluding carboxylic acids is 2. The van der Waals surface area contributed by atoms with Gasteiger partial charge in [-0.3, -0.25) is 14.9 Å². The number of rotatable bonds is 8. The van der Waals surface area contributed by atoms with Gasteiger partial charge >= 0.3 is 0 Å². The molecule has 0 saturated heterocycles. The molecule has 0 amide bonds. The van der Waals surface area contributed by atoms with E-state index in [1.807, 2.05) is 30.3 Å². The van der Waals surface area contributed by atoms with E-state index in [1.165, 1.54) is 26.2 Å². The third kappa shape index (κ3) is 4.01. The van der Waals surface area contributed by atoms with Gasteiger partial charge in [-0.15, -0.1) is 0 Å². The van der Waals surface area contributed by atoms with Crippen LogP contribution in [-0.2, 0) is 19.6 Å². The van der Waals surface area contributed by atoms with Gasteiger partial charge in [0.2, 0.25) is 21.6 Å². The summed E-state index contributed by atoms with van der Waals surface area (Å²) in [6, 6.07) is 10.6. The molecule has 8 nitrogen and oxygen atoms in total. The lowest BCUT2D eigenvalue weighted by Gasteiger charge is -2.38. The summed E-state index contributed by atoms with van der Waals surface area (Å²) in [7, 11) is -1.40. The maximum atomic E-state index is 12.6. The largest absolute Gasteiger partial charge is 0.504 e. The highest BCUT2D eigenvalue weighted by Gasteiger charge is 2.51. The lowest BCUT2D eigenvalue weighted by atomic mass is 9.81. The molecule has 0 radical (unpaired) electrons. The third-order valence-electron chi connectivity index (χ3n) is 5.89. The highest BCUT2D eigenvalue weighted by molar-refractivity contribution is 7.89. The molecular weight excluding hydrogens is 454 g/mol. The van der Waals surface area contributed by atoms with Crippen LogP contribution in [0, 0.1) is 5.92 Å². The monoisotopic (exact) mass is 477 g/mol. The van der Waals surface area contributed by atoms with Crippen molar-refractivity contribution in [1.82, 2.24) is 9.62 Å².